The topological polar surface area (TPSA) is 44.4 Å². The molecule has 1 unspecified atom stereocenters. The molecule has 1 aliphatic rings. The van der Waals surface area contributed by atoms with Gasteiger partial charge in [0.15, 0.2) is 0 Å². The Balaban J connectivity index is 2.01. The third kappa shape index (κ3) is 3.58. The van der Waals surface area contributed by atoms with Gasteiger partial charge < -0.3 is 15.5 Å². The summed E-state index contributed by atoms with van der Waals surface area (Å²) in [5.41, 5.74) is 2.66. The van der Waals surface area contributed by atoms with Crippen LogP contribution in [0, 0.1) is 0 Å². The third-order valence-electron chi connectivity index (χ3n) is 3.97. The minimum absolute atomic E-state index is 0.185. The fourth-order valence-electron chi connectivity index (χ4n) is 2.77. The molecule has 4 nitrogen and oxygen atoms in total. The number of nitrogens with one attached hydrogen (secondary N) is 2. The fourth-order valence-corrected chi connectivity index (χ4v) is 2.77. The summed E-state index contributed by atoms with van der Waals surface area (Å²) in [5.74, 6) is 0.185. The van der Waals surface area contributed by atoms with E-state index in [1.807, 2.05) is 18.7 Å². The molecule has 110 valence electrons. The van der Waals surface area contributed by atoms with Gasteiger partial charge in [0, 0.05) is 25.7 Å². The van der Waals surface area contributed by atoms with Gasteiger partial charge in [-0.3, -0.25) is 4.79 Å². The summed E-state index contributed by atoms with van der Waals surface area (Å²) in [4.78, 5) is 14.0. The van der Waals surface area contributed by atoms with Crippen molar-refractivity contribution in [2.45, 2.75) is 32.9 Å². The van der Waals surface area contributed by atoms with Gasteiger partial charge in [-0.25, -0.2) is 0 Å². The molecule has 0 bridgehead atoms. The molecule has 1 heterocycles. The van der Waals surface area contributed by atoms with Crippen LogP contribution in [-0.2, 0) is 11.3 Å². The highest BCUT2D eigenvalue weighted by Crippen LogP contribution is 2.23. The molecule has 20 heavy (non-hydrogen) atoms. The predicted octanol–water partition coefficient (Wildman–Crippen LogP) is 1.68. The molecule has 1 amide bonds. The lowest BCUT2D eigenvalue weighted by molar-refractivity contribution is -0.130. The van der Waals surface area contributed by atoms with Gasteiger partial charge in [0.2, 0.25) is 5.91 Å². The van der Waals surface area contributed by atoms with Crippen molar-refractivity contribution in [3.8, 4) is 0 Å². The van der Waals surface area contributed by atoms with Gasteiger partial charge in [-0.1, -0.05) is 24.3 Å². The van der Waals surface area contributed by atoms with Crippen molar-refractivity contribution in [3.63, 3.8) is 0 Å². The number of likely N-dealkylation sites (N-methyl/N-ethyl adjacent to an activating group) is 1. The van der Waals surface area contributed by atoms with E-state index in [1.54, 1.807) is 0 Å². The Labute approximate surface area is 121 Å². The van der Waals surface area contributed by atoms with Gasteiger partial charge in [0.05, 0.1) is 6.54 Å². The molecule has 2 rings (SSSR count). The summed E-state index contributed by atoms with van der Waals surface area (Å²) >= 11 is 0. The molecule has 1 atom stereocenters. The van der Waals surface area contributed by atoms with Gasteiger partial charge in [-0.15, -0.1) is 0 Å². The molecular weight excluding hydrogens is 250 g/mol. The second kappa shape index (κ2) is 7.41. The first kappa shape index (κ1) is 15.0. The van der Waals surface area contributed by atoms with Crippen molar-refractivity contribution < 1.29 is 4.79 Å². The number of carbonyl (C=O) groups is 1. The Kier molecular flexibility index (Phi) is 5.56. The van der Waals surface area contributed by atoms with E-state index in [-0.39, 0.29) is 11.9 Å². The number of fused-ring (bicyclic) bond motifs is 1. The highest BCUT2D eigenvalue weighted by molar-refractivity contribution is 5.78. The maximum absolute atomic E-state index is 12.1. The largest absolute Gasteiger partial charge is 0.342 e. The predicted molar refractivity (Wildman–Crippen MR) is 81.4 cm³/mol. The zero-order valence-corrected chi connectivity index (χ0v) is 12.5. The molecule has 0 aromatic heterocycles. The molecule has 0 spiro atoms. The highest BCUT2D eigenvalue weighted by Gasteiger charge is 2.19. The minimum atomic E-state index is 0.185. The Morgan fingerprint density at radius 3 is 2.85 bits per heavy atom. The normalized spacial score (nSPS) is 18.2. The molecule has 0 saturated heterocycles. The number of nitrogens with zero attached hydrogens (tertiary/aromatic N) is 1. The van der Waals surface area contributed by atoms with Crippen molar-refractivity contribution in [2.75, 3.05) is 26.2 Å². The van der Waals surface area contributed by atoms with E-state index in [1.165, 1.54) is 11.1 Å². The molecule has 1 aromatic carbocycles. The minimum Gasteiger partial charge on any atom is -0.342 e. The van der Waals surface area contributed by atoms with E-state index in [9.17, 15) is 4.79 Å². The molecule has 0 fully saturated rings. The summed E-state index contributed by atoms with van der Waals surface area (Å²) < 4.78 is 0. The lowest BCUT2D eigenvalue weighted by Gasteiger charge is -2.22. The number of benzene rings is 1. The fraction of sp³-hybridized carbons (Fsp3) is 0.562. The molecule has 2 N–H and O–H groups in total. The lowest BCUT2D eigenvalue weighted by atomic mass is 9.99. The molecule has 4 heteroatoms. The second-order valence-corrected chi connectivity index (χ2v) is 5.16. The summed E-state index contributed by atoms with van der Waals surface area (Å²) in [6, 6.07) is 8.74. The number of carbonyl (C=O) groups excluding carboxylic acids is 1. The molecule has 0 aliphatic carbocycles. The molecule has 1 aliphatic heterocycles. The van der Waals surface area contributed by atoms with Crippen LogP contribution in [0.5, 0.6) is 0 Å². The van der Waals surface area contributed by atoms with Crippen molar-refractivity contribution >= 4 is 5.91 Å². The standard InChI is InChI=1S/C16H25N3O/c1-3-19(4-2)16(20)12-18-15-9-10-17-11-13-7-5-6-8-14(13)15/h5-8,15,17-18H,3-4,9-12H2,1-2H3. The van der Waals surface area contributed by atoms with Crippen molar-refractivity contribution in [1.29, 1.82) is 0 Å². The van der Waals surface area contributed by atoms with Crippen molar-refractivity contribution in [3.05, 3.63) is 35.4 Å². The Morgan fingerprint density at radius 1 is 1.35 bits per heavy atom. The summed E-state index contributed by atoms with van der Waals surface area (Å²) in [7, 11) is 0. The van der Waals surface area contributed by atoms with Crippen molar-refractivity contribution in [1.82, 2.24) is 15.5 Å². The summed E-state index contributed by atoms with van der Waals surface area (Å²) in [6.45, 7) is 7.91. The van der Waals surface area contributed by atoms with Gasteiger partial charge >= 0.3 is 0 Å². The molecule has 0 radical (unpaired) electrons. The Hall–Kier alpha value is -1.39. The second-order valence-electron chi connectivity index (χ2n) is 5.16. The van der Waals surface area contributed by atoms with Crippen molar-refractivity contribution in [2.24, 2.45) is 0 Å². The number of hydrogen-bond donors (Lipinski definition) is 2. The quantitative estimate of drug-likeness (QED) is 0.859. The number of rotatable bonds is 5. The van der Waals surface area contributed by atoms with Crippen LogP contribution in [0.3, 0.4) is 0 Å². The molecule has 0 saturated carbocycles. The first-order chi connectivity index (χ1) is 9.76. The van der Waals surface area contributed by atoms with Crippen LogP contribution in [-0.4, -0.2) is 37.0 Å². The van der Waals surface area contributed by atoms with Crippen LogP contribution in [0.1, 0.15) is 37.4 Å². The smallest absolute Gasteiger partial charge is 0.236 e. The van der Waals surface area contributed by atoms with Crippen LogP contribution in [0.25, 0.3) is 0 Å². The molecular formula is C16H25N3O. The summed E-state index contributed by atoms with van der Waals surface area (Å²) in [5, 5.41) is 6.87. The van der Waals surface area contributed by atoms with Crippen LogP contribution < -0.4 is 10.6 Å². The monoisotopic (exact) mass is 275 g/mol. The van der Waals surface area contributed by atoms with Gasteiger partial charge in [0.1, 0.15) is 0 Å². The van der Waals surface area contributed by atoms with E-state index in [2.05, 4.69) is 34.9 Å². The van der Waals surface area contributed by atoms with E-state index in [0.29, 0.717) is 6.54 Å². The van der Waals surface area contributed by atoms with E-state index < -0.39 is 0 Å². The van der Waals surface area contributed by atoms with E-state index >= 15 is 0 Å². The maximum atomic E-state index is 12.1. The van der Waals surface area contributed by atoms with Crippen LogP contribution in [0.15, 0.2) is 24.3 Å². The first-order valence-electron chi connectivity index (χ1n) is 7.56. The average molecular weight is 275 g/mol. The SMILES string of the molecule is CCN(CC)C(=O)CNC1CCNCc2ccccc21. The van der Waals surface area contributed by atoms with Gasteiger partial charge in [-0.2, -0.15) is 0 Å². The van der Waals surface area contributed by atoms with Gasteiger partial charge in [-0.05, 0) is 37.9 Å². The first-order valence-corrected chi connectivity index (χ1v) is 7.56. The van der Waals surface area contributed by atoms with E-state index in [4.69, 9.17) is 0 Å². The average Bonchev–Trinajstić information content (AvgIpc) is 2.68. The maximum Gasteiger partial charge on any atom is 0.236 e. The van der Waals surface area contributed by atoms with Crippen LogP contribution >= 0.6 is 0 Å². The Morgan fingerprint density at radius 2 is 2.10 bits per heavy atom. The Bertz CT molecular complexity index is 443. The number of hydrogen-bond acceptors (Lipinski definition) is 3. The third-order valence-corrected chi connectivity index (χ3v) is 3.97. The zero-order chi connectivity index (χ0) is 14.4. The summed E-state index contributed by atoms with van der Waals surface area (Å²) in [6.07, 6.45) is 1.02. The zero-order valence-electron chi connectivity index (χ0n) is 12.5. The molecule has 1 aromatic rings. The lowest BCUT2D eigenvalue weighted by Crippen LogP contribution is -2.39. The van der Waals surface area contributed by atoms with Crippen LogP contribution in [0.4, 0.5) is 0 Å². The van der Waals surface area contributed by atoms with Gasteiger partial charge in [0.25, 0.3) is 0 Å². The highest BCUT2D eigenvalue weighted by atomic mass is 16.2. The van der Waals surface area contributed by atoms with Crippen LogP contribution in [0.2, 0.25) is 0 Å². The number of amides is 1. The van der Waals surface area contributed by atoms with E-state index in [0.717, 1.165) is 32.6 Å².